The molecule has 0 bridgehead atoms. The summed E-state index contributed by atoms with van der Waals surface area (Å²) in [5.41, 5.74) is 6.13. The number of pyridine rings is 1. The van der Waals surface area contributed by atoms with Crippen molar-refractivity contribution in [2.45, 2.75) is 18.9 Å². The van der Waals surface area contributed by atoms with E-state index in [1.54, 1.807) is 18.3 Å². The van der Waals surface area contributed by atoms with Gasteiger partial charge >= 0.3 is 0 Å². The van der Waals surface area contributed by atoms with Crippen LogP contribution in [0, 0.1) is 0 Å². The summed E-state index contributed by atoms with van der Waals surface area (Å²) in [5, 5.41) is 3.03. The number of hydrogen-bond acceptors (Lipinski definition) is 4. The van der Waals surface area contributed by atoms with Crippen LogP contribution in [0.1, 0.15) is 23.2 Å². The molecule has 1 saturated heterocycles. The van der Waals surface area contributed by atoms with Gasteiger partial charge in [0, 0.05) is 24.3 Å². The van der Waals surface area contributed by atoms with Crippen molar-refractivity contribution in [1.29, 1.82) is 0 Å². The molecule has 1 aliphatic rings. The maximum absolute atomic E-state index is 12.0. The second-order valence-electron chi connectivity index (χ2n) is 4.54. The number of piperidine rings is 1. The number of carbonyl (C=O) groups is 1. The Labute approximate surface area is 101 Å². The van der Waals surface area contributed by atoms with Crippen molar-refractivity contribution in [3.05, 3.63) is 23.9 Å². The highest BCUT2D eigenvalue weighted by molar-refractivity contribution is 5.94. The van der Waals surface area contributed by atoms with Crippen LogP contribution >= 0.6 is 0 Å². The number of nitrogens with one attached hydrogen (secondary N) is 1. The van der Waals surface area contributed by atoms with Gasteiger partial charge in [0.2, 0.25) is 0 Å². The van der Waals surface area contributed by atoms with E-state index in [2.05, 4.69) is 22.2 Å². The highest BCUT2D eigenvalue weighted by Crippen LogP contribution is 2.09. The zero-order chi connectivity index (χ0) is 12.3. The maximum Gasteiger partial charge on any atom is 0.251 e. The first-order chi connectivity index (χ1) is 8.15. The molecule has 92 valence electrons. The third kappa shape index (κ3) is 3.17. The van der Waals surface area contributed by atoms with Crippen LogP contribution in [0.15, 0.2) is 18.3 Å². The Kier molecular flexibility index (Phi) is 3.58. The van der Waals surface area contributed by atoms with Crippen molar-refractivity contribution in [2.24, 2.45) is 0 Å². The lowest BCUT2D eigenvalue weighted by Crippen LogP contribution is -2.46. The number of nitrogens with two attached hydrogens (primary N) is 1. The van der Waals surface area contributed by atoms with E-state index in [0.29, 0.717) is 11.4 Å². The molecule has 0 radical (unpaired) electrons. The molecule has 0 aromatic carbocycles. The monoisotopic (exact) mass is 234 g/mol. The van der Waals surface area contributed by atoms with Gasteiger partial charge in [0.25, 0.3) is 5.91 Å². The number of carbonyl (C=O) groups excluding carboxylic acids is 1. The second-order valence-corrected chi connectivity index (χ2v) is 4.54. The van der Waals surface area contributed by atoms with Crippen LogP contribution in [0.2, 0.25) is 0 Å². The van der Waals surface area contributed by atoms with Crippen molar-refractivity contribution in [2.75, 3.05) is 25.9 Å². The van der Waals surface area contributed by atoms with Crippen molar-refractivity contribution < 1.29 is 4.79 Å². The van der Waals surface area contributed by atoms with E-state index < -0.39 is 0 Å². The van der Waals surface area contributed by atoms with Gasteiger partial charge in [-0.2, -0.15) is 0 Å². The third-order valence-corrected chi connectivity index (χ3v) is 3.00. The Morgan fingerprint density at radius 2 is 2.47 bits per heavy atom. The molecular weight excluding hydrogens is 216 g/mol. The quantitative estimate of drug-likeness (QED) is 0.781. The Morgan fingerprint density at radius 1 is 1.65 bits per heavy atom. The fourth-order valence-electron chi connectivity index (χ4n) is 2.14. The van der Waals surface area contributed by atoms with Crippen molar-refractivity contribution in [3.8, 4) is 0 Å². The van der Waals surface area contributed by atoms with E-state index in [1.165, 1.54) is 0 Å². The second kappa shape index (κ2) is 5.14. The zero-order valence-corrected chi connectivity index (χ0v) is 10.0. The Hall–Kier alpha value is -1.62. The number of aromatic nitrogens is 1. The van der Waals surface area contributed by atoms with Gasteiger partial charge in [0.15, 0.2) is 0 Å². The van der Waals surface area contributed by atoms with E-state index in [0.717, 1.165) is 25.9 Å². The number of anilines is 1. The number of likely N-dealkylation sites (tertiary alicyclic amines) is 1. The largest absolute Gasteiger partial charge is 0.384 e. The molecule has 17 heavy (non-hydrogen) atoms. The fourth-order valence-corrected chi connectivity index (χ4v) is 2.14. The molecule has 2 rings (SSSR count). The molecule has 1 amide bonds. The van der Waals surface area contributed by atoms with Gasteiger partial charge in [-0.25, -0.2) is 4.98 Å². The molecule has 1 aromatic heterocycles. The molecule has 0 spiro atoms. The van der Waals surface area contributed by atoms with Crippen LogP contribution in [0.4, 0.5) is 5.82 Å². The zero-order valence-electron chi connectivity index (χ0n) is 10.0. The van der Waals surface area contributed by atoms with Crippen LogP contribution in [-0.4, -0.2) is 42.0 Å². The van der Waals surface area contributed by atoms with E-state index in [-0.39, 0.29) is 11.9 Å². The Balaban J connectivity index is 1.97. The fraction of sp³-hybridized carbons (Fsp3) is 0.500. The Morgan fingerprint density at radius 3 is 3.18 bits per heavy atom. The first kappa shape index (κ1) is 11.9. The number of nitrogens with zero attached hydrogens (tertiary/aromatic N) is 2. The van der Waals surface area contributed by atoms with Gasteiger partial charge in [-0.1, -0.05) is 0 Å². The minimum Gasteiger partial charge on any atom is -0.384 e. The molecule has 1 aliphatic heterocycles. The first-order valence-electron chi connectivity index (χ1n) is 5.86. The van der Waals surface area contributed by atoms with E-state index in [4.69, 9.17) is 5.73 Å². The van der Waals surface area contributed by atoms with Gasteiger partial charge in [0.05, 0.1) is 0 Å². The van der Waals surface area contributed by atoms with Crippen LogP contribution in [0.3, 0.4) is 0 Å². The van der Waals surface area contributed by atoms with Gasteiger partial charge in [-0.15, -0.1) is 0 Å². The van der Waals surface area contributed by atoms with Crippen LogP contribution < -0.4 is 11.1 Å². The summed E-state index contributed by atoms with van der Waals surface area (Å²) in [6.07, 6.45) is 3.72. The van der Waals surface area contributed by atoms with Crippen LogP contribution in [0.25, 0.3) is 0 Å². The summed E-state index contributed by atoms with van der Waals surface area (Å²) < 4.78 is 0. The topological polar surface area (TPSA) is 71.2 Å². The number of nitrogen functional groups attached to an aromatic ring is 1. The SMILES string of the molecule is CN1CCCC(NC(=O)c2ccnc(N)c2)C1. The maximum atomic E-state index is 12.0. The molecule has 1 fully saturated rings. The highest BCUT2D eigenvalue weighted by Gasteiger charge is 2.19. The van der Waals surface area contributed by atoms with E-state index in [9.17, 15) is 4.79 Å². The molecule has 5 heteroatoms. The lowest BCUT2D eigenvalue weighted by atomic mass is 10.1. The smallest absolute Gasteiger partial charge is 0.251 e. The molecule has 3 N–H and O–H groups in total. The minimum atomic E-state index is -0.0700. The predicted molar refractivity (Wildman–Crippen MR) is 66.6 cm³/mol. The molecule has 5 nitrogen and oxygen atoms in total. The Bertz CT molecular complexity index is 407. The summed E-state index contributed by atoms with van der Waals surface area (Å²) in [5.74, 6) is 0.304. The molecule has 2 heterocycles. The highest BCUT2D eigenvalue weighted by atomic mass is 16.1. The number of amides is 1. The molecule has 1 atom stereocenters. The van der Waals surface area contributed by atoms with Crippen molar-refractivity contribution in [1.82, 2.24) is 15.2 Å². The summed E-state index contributed by atoms with van der Waals surface area (Å²) >= 11 is 0. The average molecular weight is 234 g/mol. The normalized spacial score (nSPS) is 21.1. The average Bonchev–Trinajstić information content (AvgIpc) is 2.29. The lowest BCUT2D eigenvalue weighted by Gasteiger charge is -2.30. The molecule has 1 aromatic rings. The molecular formula is C12H18N4O. The van der Waals surface area contributed by atoms with Gasteiger partial charge in [-0.05, 0) is 38.6 Å². The molecule has 1 unspecified atom stereocenters. The summed E-state index contributed by atoms with van der Waals surface area (Å²) in [7, 11) is 2.07. The van der Waals surface area contributed by atoms with Crippen molar-refractivity contribution in [3.63, 3.8) is 0 Å². The first-order valence-corrected chi connectivity index (χ1v) is 5.86. The van der Waals surface area contributed by atoms with E-state index >= 15 is 0 Å². The third-order valence-electron chi connectivity index (χ3n) is 3.00. The molecule has 0 aliphatic carbocycles. The minimum absolute atomic E-state index is 0.0700. The van der Waals surface area contributed by atoms with Gasteiger partial charge in [0.1, 0.15) is 5.82 Å². The summed E-state index contributed by atoms with van der Waals surface area (Å²) in [6.45, 7) is 2.01. The van der Waals surface area contributed by atoms with Crippen LogP contribution in [-0.2, 0) is 0 Å². The van der Waals surface area contributed by atoms with Crippen molar-refractivity contribution >= 4 is 11.7 Å². The number of likely N-dealkylation sites (N-methyl/N-ethyl adjacent to an activating group) is 1. The van der Waals surface area contributed by atoms with Gasteiger partial charge in [-0.3, -0.25) is 4.79 Å². The standard InChI is InChI=1S/C12H18N4O/c1-16-6-2-3-10(8-16)15-12(17)9-4-5-14-11(13)7-9/h4-5,7,10H,2-3,6,8H2,1H3,(H2,13,14)(H,15,17). The predicted octanol–water partition coefficient (Wildman–Crippen LogP) is 0.488. The summed E-state index contributed by atoms with van der Waals surface area (Å²) in [6, 6.07) is 3.51. The van der Waals surface area contributed by atoms with Gasteiger partial charge < -0.3 is 16.0 Å². The van der Waals surface area contributed by atoms with E-state index in [1.807, 2.05) is 0 Å². The number of hydrogen-bond donors (Lipinski definition) is 2. The molecule has 0 saturated carbocycles. The summed E-state index contributed by atoms with van der Waals surface area (Å²) in [4.78, 5) is 18.1. The van der Waals surface area contributed by atoms with Crippen LogP contribution in [0.5, 0.6) is 0 Å². The lowest BCUT2D eigenvalue weighted by molar-refractivity contribution is 0.0912. The number of rotatable bonds is 2.